The lowest BCUT2D eigenvalue weighted by Crippen LogP contribution is -2.93. The van der Waals surface area contributed by atoms with Crippen molar-refractivity contribution in [3.63, 3.8) is 0 Å². The molecular formula is C15H24N4O4. The van der Waals surface area contributed by atoms with Crippen molar-refractivity contribution in [2.45, 2.75) is 62.7 Å². The predicted molar refractivity (Wildman–Crippen MR) is 82.2 cm³/mol. The molecule has 0 atom stereocenters. The van der Waals surface area contributed by atoms with E-state index >= 15 is 0 Å². The van der Waals surface area contributed by atoms with E-state index in [-0.39, 0.29) is 15.5 Å². The summed E-state index contributed by atoms with van der Waals surface area (Å²) in [5.41, 5.74) is -3.64. The second kappa shape index (κ2) is 4.22. The van der Waals surface area contributed by atoms with Crippen molar-refractivity contribution in [1.82, 2.24) is 9.80 Å². The molecule has 0 aromatic carbocycles. The highest BCUT2D eigenvalue weighted by Gasteiger charge is 2.83. The fourth-order valence-corrected chi connectivity index (χ4v) is 5.92. The summed E-state index contributed by atoms with van der Waals surface area (Å²) < 4.78 is 0. The number of rotatable bonds is 2. The molecule has 128 valence electrons. The number of hydrogen-bond acceptors (Lipinski definition) is 6. The molecule has 8 nitrogen and oxygen atoms in total. The highest BCUT2D eigenvalue weighted by atomic mass is 16.6. The van der Waals surface area contributed by atoms with E-state index in [0.717, 1.165) is 25.7 Å². The Morgan fingerprint density at radius 3 is 1.52 bits per heavy atom. The van der Waals surface area contributed by atoms with E-state index in [1.165, 1.54) is 6.42 Å². The third-order valence-corrected chi connectivity index (χ3v) is 7.67. The minimum absolute atomic E-state index is 0.173. The Morgan fingerprint density at radius 1 is 0.783 bits per heavy atom. The van der Waals surface area contributed by atoms with Crippen LogP contribution in [0.1, 0.15) is 46.0 Å². The Labute approximate surface area is 135 Å². The van der Waals surface area contributed by atoms with E-state index in [1.54, 1.807) is 13.8 Å². The van der Waals surface area contributed by atoms with Crippen LogP contribution in [0.25, 0.3) is 0 Å². The summed E-state index contributed by atoms with van der Waals surface area (Å²) >= 11 is 0. The van der Waals surface area contributed by atoms with Gasteiger partial charge in [0.1, 0.15) is 5.41 Å². The molecule has 8 heteroatoms. The van der Waals surface area contributed by atoms with Crippen LogP contribution < -0.4 is 0 Å². The second-order valence-corrected chi connectivity index (χ2v) is 8.46. The van der Waals surface area contributed by atoms with Gasteiger partial charge in [-0.25, -0.2) is 0 Å². The summed E-state index contributed by atoms with van der Waals surface area (Å²) in [6.45, 7) is 4.87. The Balaban J connectivity index is 1.87. The van der Waals surface area contributed by atoms with E-state index < -0.39 is 16.5 Å². The van der Waals surface area contributed by atoms with Gasteiger partial charge in [0.25, 0.3) is 11.1 Å². The van der Waals surface area contributed by atoms with Crippen molar-refractivity contribution in [1.29, 1.82) is 0 Å². The zero-order chi connectivity index (χ0) is 16.7. The maximum atomic E-state index is 12.0. The van der Waals surface area contributed by atoms with Gasteiger partial charge in [-0.2, -0.15) is 0 Å². The molecule has 0 amide bonds. The van der Waals surface area contributed by atoms with E-state index in [4.69, 9.17) is 0 Å². The minimum Gasteiger partial charge on any atom is -0.271 e. The van der Waals surface area contributed by atoms with Crippen LogP contribution in [-0.2, 0) is 0 Å². The topological polar surface area (TPSA) is 92.8 Å². The average molecular weight is 324 g/mol. The zero-order valence-electron chi connectivity index (χ0n) is 13.8. The third-order valence-electron chi connectivity index (χ3n) is 7.67. The van der Waals surface area contributed by atoms with Gasteiger partial charge in [-0.3, -0.25) is 30.0 Å². The molecule has 4 heterocycles. The largest absolute Gasteiger partial charge is 0.271 e. The summed E-state index contributed by atoms with van der Waals surface area (Å²) in [6.07, 6.45) is 5.36. The van der Waals surface area contributed by atoms with E-state index in [0.29, 0.717) is 26.2 Å². The molecule has 5 fully saturated rings. The van der Waals surface area contributed by atoms with Crippen LogP contribution in [-0.4, -0.2) is 62.6 Å². The first-order valence-corrected chi connectivity index (χ1v) is 8.51. The fourth-order valence-electron chi connectivity index (χ4n) is 5.92. The van der Waals surface area contributed by atoms with E-state index in [2.05, 4.69) is 9.80 Å². The molecule has 5 aliphatic rings. The molecule has 23 heavy (non-hydrogen) atoms. The van der Waals surface area contributed by atoms with Crippen LogP contribution >= 0.6 is 0 Å². The van der Waals surface area contributed by atoms with Gasteiger partial charge in [-0.1, -0.05) is 19.3 Å². The summed E-state index contributed by atoms with van der Waals surface area (Å²) in [5.74, 6) is 0. The number of nitrogens with zero attached hydrogens (tertiary/aromatic N) is 4. The predicted octanol–water partition coefficient (Wildman–Crippen LogP) is 1.35. The van der Waals surface area contributed by atoms with Crippen molar-refractivity contribution < 1.29 is 9.85 Å². The van der Waals surface area contributed by atoms with Crippen molar-refractivity contribution in [2.24, 2.45) is 5.41 Å². The lowest BCUT2D eigenvalue weighted by molar-refractivity contribution is -0.682. The summed E-state index contributed by atoms with van der Waals surface area (Å²) in [4.78, 5) is 27.8. The Kier molecular flexibility index (Phi) is 2.80. The van der Waals surface area contributed by atoms with Crippen molar-refractivity contribution >= 4 is 0 Å². The van der Waals surface area contributed by atoms with Crippen LogP contribution in [0.5, 0.6) is 0 Å². The van der Waals surface area contributed by atoms with Gasteiger partial charge < -0.3 is 0 Å². The van der Waals surface area contributed by atoms with Gasteiger partial charge in [0.05, 0.1) is 31.8 Å². The maximum absolute atomic E-state index is 12.0. The minimum atomic E-state index is -1.25. The number of hydrogen-bond donors (Lipinski definition) is 0. The SMILES string of the molecule is CC1(C)C2([N+](=O)[O-])CN3CC1([N+](=O)[O-])CN(C2)C31CCCCC1. The Morgan fingerprint density at radius 2 is 1.17 bits per heavy atom. The molecule has 0 aromatic rings. The van der Waals surface area contributed by atoms with E-state index in [9.17, 15) is 20.2 Å². The standard InChI is InChI=1S/C15H24N4O4/c1-12(2)13(18(20)21)8-16-10-14(12,19(22)23)11-17(9-13)15(16)6-4-3-5-7-15/h3-11H2,1-2H3. The van der Waals surface area contributed by atoms with Gasteiger partial charge in [0.15, 0.2) is 0 Å². The summed E-state index contributed by atoms with van der Waals surface area (Å²) in [6, 6.07) is 0. The Hall–Kier alpha value is -1.28. The first-order valence-electron chi connectivity index (χ1n) is 8.51. The van der Waals surface area contributed by atoms with Crippen LogP contribution in [0.4, 0.5) is 0 Å². The molecule has 4 bridgehead atoms. The molecule has 1 spiro atoms. The van der Waals surface area contributed by atoms with Crippen LogP contribution in [0.3, 0.4) is 0 Å². The lowest BCUT2D eigenvalue weighted by atomic mass is 9.52. The fraction of sp³-hybridized carbons (Fsp3) is 1.00. The monoisotopic (exact) mass is 324 g/mol. The maximum Gasteiger partial charge on any atom is 0.259 e. The number of nitro groups is 2. The molecule has 0 radical (unpaired) electrons. The van der Waals surface area contributed by atoms with Crippen molar-refractivity contribution in [2.75, 3.05) is 26.2 Å². The van der Waals surface area contributed by atoms with Gasteiger partial charge in [0.2, 0.25) is 0 Å². The molecule has 0 N–H and O–H groups in total. The molecule has 0 unspecified atom stereocenters. The van der Waals surface area contributed by atoms with Crippen LogP contribution in [0.2, 0.25) is 0 Å². The van der Waals surface area contributed by atoms with Gasteiger partial charge >= 0.3 is 0 Å². The molecule has 4 aliphatic heterocycles. The highest BCUT2D eigenvalue weighted by Crippen LogP contribution is 2.60. The Bertz CT molecular complexity index is 530. The summed E-state index contributed by atoms with van der Waals surface area (Å²) in [5, 5.41) is 24.1. The molecule has 1 aliphatic carbocycles. The van der Waals surface area contributed by atoms with E-state index in [1.807, 2.05) is 0 Å². The van der Waals surface area contributed by atoms with Crippen LogP contribution in [0.15, 0.2) is 0 Å². The smallest absolute Gasteiger partial charge is 0.259 e. The van der Waals surface area contributed by atoms with Gasteiger partial charge in [0, 0.05) is 9.85 Å². The first-order chi connectivity index (χ1) is 10.7. The molecule has 5 rings (SSSR count). The second-order valence-electron chi connectivity index (χ2n) is 8.46. The normalized spacial score (nSPS) is 46.0. The first kappa shape index (κ1) is 15.3. The molecule has 4 saturated heterocycles. The molecule has 0 aromatic heterocycles. The molecule has 1 saturated carbocycles. The lowest BCUT2D eigenvalue weighted by Gasteiger charge is -2.71. The third kappa shape index (κ3) is 1.45. The molecular weight excluding hydrogens is 300 g/mol. The van der Waals surface area contributed by atoms with Gasteiger partial charge in [-0.05, 0) is 26.7 Å². The average Bonchev–Trinajstić information content (AvgIpc) is 2.46. The van der Waals surface area contributed by atoms with Crippen molar-refractivity contribution in [3.05, 3.63) is 20.2 Å². The van der Waals surface area contributed by atoms with Crippen LogP contribution in [0, 0.1) is 25.6 Å². The summed E-state index contributed by atoms with van der Waals surface area (Å²) in [7, 11) is 0. The van der Waals surface area contributed by atoms with Gasteiger partial charge in [-0.15, -0.1) is 0 Å². The van der Waals surface area contributed by atoms with Crippen molar-refractivity contribution in [3.8, 4) is 0 Å². The quantitative estimate of drug-likeness (QED) is 0.562. The highest BCUT2D eigenvalue weighted by molar-refractivity contribution is 5.24. The number of piperidine rings is 2. The zero-order valence-corrected chi connectivity index (χ0v) is 13.8.